The first kappa shape index (κ1) is 7.50. The van der Waals surface area contributed by atoms with Crippen LogP contribution in [0.4, 0.5) is 0 Å². The molecule has 0 aliphatic heterocycles. The van der Waals surface area contributed by atoms with Gasteiger partial charge in [0, 0.05) is 11.5 Å². The molecule has 2 nitrogen and oxygen atoms in total. The van der Waals surface area contributed by atoms with Gasteiger partial charge in [-0.3, -0.25) is 0 Å². The highest BCUT2D eigenvalue weighted by Crippen LogP contribution is 1.93. The van der Waals surface area contributed by atoms with Gasteiger partial charge in [0.15, 0.2) is 0 Å². The second-order valence-electron chi connectivity index (χ2n) is 1.37. The molecule has 1 atom stereocenters. The van der Waals surface area contributed by atoms with E-state index in [1.54, 1.807) is 6.92 Å². The standard InChI is InChI=1S/C5H7ClO2/c1-4(6)2-3-5(7)8/h2-4H,1H3,(H,7,8)/b3-2+. The highest BCUT2D eigenvalue weighted by molar-refractivity contribution is 6.21. The van der Waals surface area contributed by atoms with Crippen molar-refractivity contribution in [3.63, 3.8) is 0 Å². The van der Waals surface area contributed by atoms with Gasteiger partial charge in [0.25, 0.3) is 0 Å². The molecule has 0 bridgehead atoms. The molecule has 0 amide bonds. The highest BCUT2D eigenvalue weighted by atomic mass is 35.5. The summed E-state index contributed by atoms with van der Waals surface area (Å²) in [5, 5.41) is 7.81. The molecule has 0 saturated carbocycles. The molecule has 0 radical (unpaired) electrons. The first-order valence-electron chi connectivity index (χ1n) is 2.18. The minimum atomic E-state index is -0.961. The zero-order chi connectivity index (χ0) is 6.57. The van der Waals surface area contributed by atoms with E-state index < -0.39 is 5.97 Å². The van der Waals surface area contributed by atoms with Gasteiger partial charge in [0.1, 0.15) is 0 Å². The van der Waals surface area contributed by atoms with Crippen molar-refractivity contribution in [2.75, 3.05) is 0 Å². The average Bonchev–Trinajstić information content (AvgIpc) is 1.61. The lowest BCUT2D eigenvalue weighted by molar-refractivity contribution is -0.131. The molecule has 0 heterocycles. The first-order valence-corrected chi connectivity index (χ1v) is 2.62. The van der Waals surface area contributed by atoms with Crippen LogP contribution in [0.25, 0.3) is 0 Å². The van der Waals surface area contributed by atoms with E-state index in [-0.39, 0.29) is 5.38 Å². The van der Waals surface area contributed by atoms with Crippen LogP contribution in [-0.4, -0.2) is 16.5 Å². The summed E-state index contributed by atoms with van der Waals surface area (Å²) in [6, 6.07) is 0. The van der Waals surface area contributed by atoms with Crippen molar-refractivity contribution < 1.29 is 9.90 Å². The second kappa shape index (κ2) is 3.50. The molecule has 1 unspecified atom stereocenters. The first-order chi connectivity index (χ1) is 3.63. The SMILES string of the molecule is CC(Cl)/C=C/C(=O)O. The van der Waals surface area contributed by atoms with E-state index in [1.165, 1.54) is 6.08 Å². The van der Waals surface area contributed by atoms with Crippen molar-refractivity contribution in [1.82, 2.24) is 0 Å². The van der Waals surface area contributed by atoms with Crippen LogP contribution in [0.15, 0.2) is 12.2 Å². The van der Waals surface area contributed by atoms with E-state index in [1.807, 2.05) is 0 Å². The largest absolute Gasteiger partial charge is 0.478 e. The Morgan fingerprint density at radius 3 is 2.50 bits per heavy atom. The van der Waals surface area contributed by atoms with Gasteiger partial charge in [-0.25, -0.2) is 4.79 Å². The van der Waals surface area contributed by atoms with E-state index in [2.05, 4.69) is 0 Å². The Morgan fingerprint density at radius 1 is 1.88 bits per heavy atom. The lowest BCUT2D eigenvalue weighted by atomic mass is 10.4. The summed E-state index contributed by atoms with van der Waals surface area (Å²) in [4.78, 5) is 9.76. The fraction of sp³-hybridized carbons (Fsp3) is 0.400. The van der Waals surface area contributed by atoms with Crippen molar-refractivity contribution in [2.45, 2.75) is 12.3 Å². The molecule has 0 rings (SSSR count). The molecule has 0 aromatic carbocycles. The van der Waals surface area contributed by atoms with Crippen LogP contribution >= 0.6 is 11.6 Å². The third-order valence-corrected chi connectivity index (χ3v) is 0.649. The van der Waals surface area contributed by atoms with Gasteiger partial charge in [0.2, 0.25) is 0 Å². The second-order valence-corrected chi connectivity index (χ2v) is 2.06. The monoisotopic (exact) mass is 134 g/mol. The maximum absolute atomic E-state index is 9.76. The average molecular weight is 135 g/mol. The summed E-state index contributed by atoms with van der Waals surface area (Å²) in [7, 11) is 0. The number of hydrogen-bond donors (Lipinski definition) is 1. The van der Waals surface area contributed by atoms with E-state index >= 15 is 0 Å². The zero-order valence-electron chi connectivity index (χ0n) is 4.47. The summed E-state index contributed by atoms with van der Waals surface area (Å²) in [5.74, 6) is -0.961. The fourth-order valence-electron chi connectivity index (χ4n) is 0.215. The summed E-state index contributed by atoms with van der Waals surface area (Å²) in [5.41, 5.74) is 0. The quantitative estimate of drug-likeness (QED) is 0.456. The Hall–Kier alpha value is -0.500. The Morgan fingerprint density at radius 2 is 2.38 bits per heavy atom. The molecule has 0 aromatic heterocycles. The third kappa shape index (κ3) is 5.50. The zero-order valence-corrected chi connectivity index (χ0v) is 5.22. The maximum Gasteiger partial charge on any atom is 0.328 e. The van der Waals surface area contributed by atoms with Gasteiger partial charge in [-0.1, -0.05) is 6.08 Å². The number of carboxylic acids is 1. The lowest BCUT2D eigenvalue weighted by Gasteiger charge is -1.85. The number of rotatable bonds is 2. The van der Waals surface area contributed by atoms with Crippen molar-refractivity contribution in [2.24, 2.45) is 0 Å². The van der Waals surface area contributed by atoms with Crippen molar-refractivity contribution in [1.29, 1.82) is 0 Å². The normalized spacial score (nSPS) is 14.2. The Balaban J connectivity index is 3.50. The number of carboxylic acid groups (broad SMARTS) is 1. The van der Waals surface area contributed by atoms with Gasteiger partial charge in [-0.05, 0) is 6.92 Å². The minimum Gasteiger partial charge on any atom is -0.478 e. The summed E-state index contributed by atoms with van der Waals surface area (Å²) < 4.78 is 0. The van der Waals surface area contributed by atoms with Crippen LogP contribution in [-0.2, 0) is 4.79 Å². The molecule has 0 spiro atoms. The number of aliphatic carboxylic acids is 1. The number of hydrogen-bond acceptors (Lipinski definition) is 1. The molecule has 0 fully saturated rings. The molecular weight excluding hydrogens is 128 g/mol. The van der Waals surface area contributed by atoms with Gasteiger partial charge in [-0.2, -0.15) is 0 Å². The predicted octanol–water partition coefficient (Wildman–Crippen LogP) is 1.25. The van der Waals surface area contributed by atoms with E-state index in [4.69, 9.17) is 16.7 Å². The Labute approximate surface area is 52.8 Å². The van der Waals surface area contributed by atoms with Crippen molar-refractivity contribution >= 4 is 17.6 Å². The van der Waals surface area contributed by atoms with Crippen LogP contribution in [0.3, 0.4) is 0 Å². The maximum atomic E-state index is 9.76. The topological polar surface area (TPSA) is 37.3 Å². The number of carbonyl (C=O) groups is 1. The molecule has 0 aliphatic rings. The minimum absolute atomic E-state index is 0.203. The van der Waals surface area contributed by atoms with Crippen LogP contribution in [0.2, 0.25) is 0 Å². The summed E-state index contributed by atoms with van der Waals surface area (Å²) in [6.07, 6.45) is 2.43. The number of alkyl halides is 1. The van der Waals surface area contributed by atoms with E-state index in [9.17, 15) is 4.79 Å². The van der Waals surface area contributed by atoms with Crippen molar-refractivity contribution in [3.8, 4) is 0 Å². The van der Waals surface area contributed by atoms with E-state index in [0.29, 0.717) is 0 Å². The lowest BCUT2D eigenvalue weighted by Crippen LogP contribution is -1.89. The third-order valence-electron chi connectivity index (χ3n) is 0.504. The van der Waals surface area contributed by atoms with Crippen molar-refractivity contribution in [3.05, 3.63) is 12.2 Å². The molecule has 0 aromatic rings. The highest BCUT2D eigenvalue weighted by Gasteiger charge is 1.88. The summed E-state index contributed by atoms with van der Waals surface area (Å²) in [6.45, 7) is 1.70. The van der Waals surface area contributed by atoms with Crippen LogP contribution in [0, 0.1) is 0 Å². The molecule has 3 heteroatoms. The molecular formula is C5H7ClO2. The number of allylic oxidation sites excluding steroid dienone is 1. The molecule has 1 N–H and O–H groups in total. The number of halogens is 1. The van der Waals surface area contributed by atoms with Gasteiger partial charge in [0.05, 0.1) is 0 Å². The van der Waals surface area contributed by atoms with Gasteiger partial charge < -0.3 is 5.11 Å². The Kier molecular flexibility index (Phi) is 3.28. The summed E-state index contributed by atoms with van der Waals surface area (Å²) >= 11 is 5.37. The fourth-order valence-corrected chi connectivity index (χ4v) is 0.288. The Bertz CT molecular complexity index is 107. The molecule has 0 aliphatic carbocycles. The van der Waals surface area contributed by atoms with Gasteiger partial charge in [-0.15, -0.1) is 11.6 Å². The predicted molar refractivity (Wildman–Crippen MR) is 32.1 cm³/mol. The molecule has 46 valence electrons. The van der Waals surface area contributed by atoms with Crippen LogP contribution < -0.4 is 0 Å². The molecule has 8 heavy (non-hydrogen) atoms. The van der Waals surface area contributed by atoms with Gasteiger partial charge >= 0.3 is 5.97 Å². The van der Waals surface area contributed by atoms with Crippen LogP contribution in [0.1, 0.15) is 6.92 Å². The van der Waals surface area contributed by atoms with E-state index in [0.717, 1.165) is 6.08 Å². The molecule has 0 saturated heterocycles. The van der Waals surface area contributed by atoms with Crippen LogP contribution in [0.5, 0.6) is 0 Å². The smallest absolute Gasteiger partial charge is 0.328 e.